The van der Waals surface area contributed by atoms with Crippen molar-refractivity contribution in [3.05, 3.63) is 17.0 Å². The molecule has 0 aliphatic carbocycles. The Balaban J connectivity index is 1.51. The highest BCUT2D eigenvalue weighted by atomic mass is 16.5. The van der Waals surface area contributed by atoms with E-state index in [1.807, 2.05) is 13.8 Å². The highest BCUT2D eigenvalue weighted by Gasteiger charge is 2.35. The molecule has 0 spiro atoms. The van der Waals surface area contributed by atoms with Crippen molar-refractivity contribution in [1.82, 2.24) is 15.4 Å². The first-order chi connectivity index (χ1) is 12.6. The fourth-order valence-electron chi connectivity index (χ4n) is 4.26. The lowest BCUT2D eigenvalue weighted by Crippen LogP contribution is -2.49. The van der Waals surface area contributed by atoms with Crippen LogP contribution in [0.5, 0.6) is 0 Å². The zero-order chi connectivity index (χ0) is 18.4. The van der Waals surface area contributed by atoms with E-state index in [1.165, 1.54) is 32.4 Å². The Hall–Kier alpha value is -1.40. The first kappa shape index (κ1) is 19.4. The molecule has 6 nitrogen and oxygen atoms in total. The van der Waals surface area contributed by atoms with Gasteiger partial charge in [0.2, 0.25) is 5.91 Å². The average molecular weight is 364 g/mol. The fraction of sp³-hybridized carbons (Fsp3) is 0.800. The standard InChI is InChI=1S/C20H33N3O3/c1-16-18(17(2)26-22-16)6-7-19(24)21-14-20(8-12-25-13-9-20)15-23-10-4-3-5-11-23/h3-15H2,1-2H3,(H,21,24). The highest BCUT2D eigenvalue weighted by molar-refractivity contribution is 5.76. The van der Waals surface area contributed by atoms with E-state index in [4.69, 9.17) is 9.26 Å². The zero-order valence-electron chi connectivity index (χ0n) is 16.3. The van der Waals surface area contributed by atoms with E-state index in [1.54, 1.807) is 0 Å². The lowest BCUT2D eigenvalue weighted by atomic mass is 9.79. The summed E-state index contributed by atoms with van der Waals surface area (Å²) in [6, 6.07) is 0. The second kappa shape index (κ2) is 9.00. The van der Waals surface area contributed by atoms with Gasteiger partial charge in [-0.15, -0.1) is 0 Å². The number of hydrogen-bond donors (Lipinski definition) is 1. The topological polar surface area (TPSA) is 67.6 Å². The van der Waals surface area contributed by atoms with Gasteiger partial charge in [-0.1, -0.05) is 11.6 Å². The molecule has 2 saturated heterocycles. The number of aryl methyl sites for hydroxylation is 2. The summed E-state index contributed by atoms with van der Waals surface area (Å²) in [4.78, 5) is 15.0. The van der Waals surface area contributed by atoms with Gasteiger partial charge in [-0.25, -0.2) is 0 Å². The van der Waals surface area contributed by atoms with Gasteiger partial charge in [0, 0.05) is 43.7 Å². The van der Waals surface area contributed by atoms with Crippen LogP contribution in [-0.2, 0) is 16.0 Å². The van der Waals surface area contributed by atoms with Crippen LogP contribution in [0.25, 0.3) is 0 Å². The summed E-state index contributed by atoms with van der Waals surface area (Å²) in [6.07, 6.45) is 7.20. The van der Waals surface area contributed by atoms with Crippen molar-refractivity contribution in [2.24, 2.45) is 5.41 Å². The monoisotopic (exact) mass is 363 g/mol. The predicted octanol–water partition coefficient (Wildman–Crippen LogP) is 2.62. The quantitative estimate of drug-likeness (QED) is 0.807. The van der Waals surface area contributed by atoms with Gasteiger partial charge in [-0.3, -0.25) is 4.79 Å². The van der Waals surface area contributed by atoms with Crippen molar-refractivity contribution in [2.45, 2.75) is 58.8 Å². The van der Waals surface area contributed by atoms with E-state index >= 15 is 0 Å². The SMILES string of the molecule is Cc1noc(C)c1CCC(=O)NCC1(CN2CCCCC2)CCOCC1. The maximum atomic E-state index is 12.4. The normalized spacial score (nSPS) is 20.8. The second-order valence-electron chi connectivity index (χ2n) is 8.03. The molecule has 6 heteroatoms. The Bertz CT molecular complexity index is 568. The van der Waals surface area contributed by atoms with Crippen LogP contribution in [0.1, 0.15) is 55.5 Å². The van der Waals surface area contributed by atoms with Crippen molar-refractivity contribution >= 4 is 5.91 Å². The first-order valence-electron chi connectivity index (χ1n) is 10.1. The number of nitrogens with one attached hydrogen (secondary N) is 1. The number of amides is 1. The van der Waals surface area contributed by atoms with Gasteiger partial charge < -0.3 is 19.5 Å². The Labute approximate surface area is 156 Å². The van der Waals surface area contributed by atoms with Crippen LogP contribution in [0.4, 0.5) is 0 Å². The number of aromatic nitrogens is 1. The molecule has 1 aromatic rings. The second-order valence-corrected chi connectivity index (χ2v) is 8.03. The molecule has 0 atom stereocenters. The van der Waals surface area contributed by atoms with Crippen LogP contribution in [0, 0.1) is 19.3 Å². The maximum Gasteiger partial charge on any atom is 0.220 e. The molecular formula is C20H33N3O3. The molecule has 1 amide bonds. The number of carbonyl (C=O) groups excluding carboxylic acids is 1. The summed E-state index contributed by atoms with van der Waals surface area (Å²) in [6.45, 7) is 9.69. The summed E-state index contributed by atoms with van der Waals surface area (Å²) in [5, 5.41) is 7.18. The van der Waals surface area contributed by atoms with Crippen molar-refractivity contribution in [1.29, 1.82) is 0 Å². The lowest BCUT2D eigenvalue weighted by Gasteiger charge is -2.42. The minimum atomic E-state index is 0.120. The van der Waals surface area contributed by atoms with E-state index in [0.29, 0.717) is 12.8 Å². The van der Waals surface area contributed by atoms with Gasteiger partial charge in [-0.2, -0.15) is 0 Å². The van der Waals surface area contributed by atoms with E-state index < -0.39 is 0 Å². The van der Waals surface area contributed by atoms with E-state index in [0.717, 1.165) is 56.2 Å². The molecule has 2 aliphatic rings. The predicted molar refractivity (Wildman–Crippen MR) is 100 cm³/mol. The number of carbonyl (C=O) groups is 1. The molecule has 3 rings (SSSR count). The van der Waals surface area contributed by atoms with Crippen LogP contribution >= 0.6 is 0 Å². The lowest BCUT2D eigenvalue weighted by molar-refractivity contribution is -0.122. The zero-order valence-corrected chi connectivity index (χ0v) is 16.3. The molecule has 0 aromatic carbocycles. The number of piperidine rings is 1. The fourth-order valence-corrected chi connectivity index (χ4v) is 4.26. The average Bonchev–Trinajstić information content (AvgIpc) is 2.98. The molecule has 2 fully saturated rings. The van der Waals surface area contributed by atoms with E-state index in [9.17, 15) is 4.79 Å². The van der Waals surface area contributed by atoms with Gasteiger partial charge in [0.1, 0.15) is 5.76 Å². The molecular weight excluding hydrogens is 330 g/mol. The number of hydrogen-bond acceptors (Lipinski definition) is 5. The van der Waals surface area contributed by atoms with Crippen LogP contribution in [0.15, 0.2) is 4.52 Å². The molecule has 146 valence electrons. The van der Waals surface area contributed by atoms with Gasteiger partial charge >= 0.3 is 0 Å². The molecule has 2 aliphatic heterocycles. The van der Waals surface area contributed by atoms with Crippen LogP contribution in [0.3, 0.4) is 0 Å². The van der Waals surface area contributed by atoms with Crippen LogP contribution < -0.4 is 5.32 Å². The minimum absolute atomic E-state index is 0.120. The number of nitrogens with zero attached hydrogens (tertiary/aromatic N) is 2. The number of likely N-dealkylation sites (tertiary alicyclic amines) is 1. The van der Waals surface area contributed by atoms with Gasteiger partial charge in [0.15, 0.2) is 0 Å². The van der Waals surface area contributed by atoms with Crippen molar-refractivity contribution < 1.29 is 14.1 Å². The molecule has 0 radical (unpaired) electrons. The molecule has 1 aromatic heterocycles. The third kappa shape index (κ3) is 5.07. The van der Waals surface area contributed by atoms with Crippen molar-refractivity contribution in [2.75, 3.05) is 39.4 Å². The molecule has 0 saturated carbocycles. The van der Waals surface area contributed by atoms with Gasteiger partial charge in [-0.05, 0) is 59.0 Å². The molecule has 0 unspecified atom stereocenters. The van der Waals surface area contributed by atoms with Crippen molar-refractivity contribution in [3.63, 3.8) is 0 Å². The summed E-state index contributed by atoms with van der Waals surface area (Å²) in [5.41, 5.74) is 2.12. The van der Waals surface area contributed by atoms with Crippen LogP contribution in [0.2, 0.25) is 0 Å². The minimum Gasteiger partial charge on any atom is -0.381 e. The molecule has 1 N–H and O–H groups in total. The third-order valence-electron chi connectivity index (χ3n) is 6.00. The van der Waals surface area contributed by atoms with Crippen molar-refractivity contribution in [3.8, 4) is 0 Å². The summed E-state index contributed by atoms with van der Waals surface area (Å²) < 4.78 is 10.8. The van der Waals surface area contributed by atoms with E-state index in [2.05, 4.69) is 15.4 Å². The number of rotatable bonds is 7. The van der Waals surface area contributed by atoms with Gasteiger partial charge in [0.05, 0.1) is 5.69 Å². The van der Waals surface area contributed by atoms with E-state index in [-0.39, 0.29) is 11.3 Å². The third-order valence-corrected chi connectivity index (χ3v) is 6.00. The van der Waals surface area contributed by atoms with Gasteiger partial charge in [0.25, 0.3) is 0 Å². The molecule has 26 heavy (non-hydrogen) atoms. The number of ether oxygens (including phenoxy) is 1. The smallest absolute Gasteiger partial charge is 0.220 e. The molecule has 3 heterocycles. The Morgan fingerprint density at radius 1 is 1.19 bits per heavy atom. The summed E-state index contributed by atoms with van der Waals surface area (Å²) in [5.74, 6) is 0.941. The van der Waals surface area contributed by atoms with Crippen LogP contribution in [-0.4, -0.2) is 55.4 Å². The molecule has 0 bridgehead atoms. The Morgan fingerprint density at radius 3 is 2.58 bits per heavy atom. The highest BCUT2D eigenvalue weighted by Crippen LogP contribution is 2.32. The maximum absolute atomic E-state index is 12.4. The summed E-state index contributed by atoms with van der Waals surface area (Å²) >= 11 is 0. The largest absolute Gasteiger partial charge is 0.381 e. The Morgan fingerprint density at radius 2 is 1.92 bits per heavy atom. The first-order valence-corrected chi connectivity index (χ1v) is 10.1. The summed E-state index contributed by atoms with van der Waals surface area (Å²) in [7, 11) is 0. The Kier molecular flexibility index (Phi) is 6.70.